The first kappa shape index (κ1) is 35.8. The van der Waals surface area contributed by atoms with Gasteiger partial charge in [0.15, 0.2) is 0 Å². The Hall–Kier alpha value is -3.63. The fourth-order valence-electron chi connectivity index (χ4n) is 4.44. The van der Waals surface area contributed by atoms with E-state index in [2.05, 4.69) is 16.0 Å². The highest BCUT2D eigenvalue weighted by molar-refractivity contribution is 6.25. The van der Waals surface area contributed by atoms with Gasteiger partial charge in [-0.25, -0.2) is 4.79 Å². The van der Waals surface area contributed by atoms with Gasteiger partial charge >= 0.3 is 6.09 Å². The number of anilines is 1. The molecule has 3 N–H and O–H groups in total. The van der Waals surface area contributed by atoms with E-state index in [9.17, 15) is 24.0 Å². The molecule has 15 heteroatoms. The van der Waals surface area contributed by atoms with Gasteiger partial charge in [-0.2, -0.15) is 0 Å². The topological polar surface area (TPSA) is 180 Å². The van der Waals surface area contributed by atoms with Crippen LogP contribution in [0.5, 0.6) is 0 Å². The number of nitrogens with one attached hydrogen (secondary N) is 3. The van der Waals surface area contributed by atoms with Crippen molar-refractivity contribution in [2.45, 2.75) is 45.3 Å². The predicted molar refractivity (Wildman–Crippen MR) is 160 cm³/mol. The van der Waals surface area contributed by atoms with Gasteiger partial charge in [0.2, 0.25) is 11.8 Å². The molecule has 1 unspecified atom stereocenters. The number of rotatable bonds is 20. The predicted octanol–water partition coefficient (Wildman–Crippen LogP) is 1.11. The van der Waals surface area contributed by atoms with Gasteiger partial charge in [-0.1, -0.05) is 6.07 Å². The Labute approximate surface area is 262 Å². The second-order valence-electron chi connectivity index (χ2n) is 11.1. The molecule has 1 fully saturated rings. The molecule has 2 aliphatic rings. The third kappa shape index (κ3) is 12.0. The lowest BCUT2D eigenvalue weighted by Gasteiger charge is -2.27. The monoisotopic (exact) mass is 636 g/mol. The first-order valence-corrected chi connectivity index (χ1v) is 15.0. The van der Waals surface area contributed by atoms with E-state index in [-0.39, 0.29) is 24.0 Å². The summed E-state index contributed by atoms with van der Waals surface area (Å²) in [5, 5.41) is 7.92. The van der Waals surface area contributed by atoms with Crippen LogP contribution in [0.1, 0.15) is 54.3 Å². The number of alkyl carbamates (subject to hydrolysis) is 1. The van der Waals surface area contributed by atoms with Crippen LogP contribution in [-0.2, 0) is 38.0 Å². The molecule has 45 heavy (non-hydrogen) atoms. The van der Waals surface area contributed by atoms with Crippen molar-refractivity contribution in [3.05, 3.63) is 29.3 Å². The van der Waals surface area contributed by atoms with Crippen molar-refractivity contribution in [3.63, 3.8) is 0 Å². The van der Waals surface area contributed by atoms with Gasteiger partial charge in [0, 0.05) is 25.2 Å². The Morgan fingerprint density at radius 3 is 1.93 bits per heavy atom. The minimum absolute atomic E-state index is 0.0649. The van der Waals surface area contributed by atoms with E-state index in [0.717, 1.165) is 4.90 Å². The van der Waals surface area contributed by atoms with Gasteiger partial charge in [-0.3, -0.25) is 29.4 Å². The number of nitrogens with zero attached hydrogens (tertiary/aromatic N) is 1. The maximum absolute atomic E-state index is 13.1. The molecule has 0 bridgehead atoms. The molecule has 250 valence electrons. The summed E-state index contributed by atoms with van der Waals surface area (Å²) in [6.45, 7) is 10.1. The van der Waals surface area contributed by atoms with Crippen LogP contribution in [0, 0.1) is 0 Å². The molecule has 2 aliphatic heterocycles. The van der Waals surface area contributed by atoms with Crippen LogP contribution < -0.4 is 16.0 Å². The van der Waals surface area contributed by atoms with Gasteiger partial charge < -0.3 is 39.1 Å². The van der Waals surface area contributed by atoms with Crippen molar-refractivity contribution in [2.75, 3.05) is 84.5 Å². The smallest absolute Gasteiger partial charge is 0.407 e. The maximum atomic E-state index is 13.1. The quantitative estimate of drug-likeness (QED) is 0.137. The summed E-state index contributed by atoms with van der Waals surface area (Å²) in [6.07, 6.45) is -0.306. The molecule has 15 nitrogen and oxygen atoms in total. The zero-order valence-corrected chi connectivity index (χ0v) is 26.1. The second-order valence-corrected chi connectivity index (χ2v) is 11.1. The van der Waals surface area contributed by atoms with Crippen LogP contribution in [0.15, 0.2) is 18.2 Å². The number of benzene rings is 1. The average Bonchev–Trinajstić information content (AvgIpc) is 3.23. The SMILES string of the molecule is CC(C)(C)OC(=O)NCCOCCOCCOCCOCCOCCNc1cccc2c1C(=O)N(C1CCC(=O)NC1=O)C2=O. The van der Waals surface area contributed by atoms with E-state index in [1.54, 1.807) is 39.0 Å². The minimum Gasteiger partial charge on any atom is -0.444 e. The molecule has 5 amide bonds. The molecule has 0 aromatic heterocycles. The first-order valence-electron chi connectivity index (χ1n) is 15.0. The zero-order valence-electron chi connectivity index (χ0n) is 26.1. The van der Waals surface area contributed by atoms with E-state index in [4.69, 9.17) is 28.4 Å². The normalized spacial score (nSPS) is 16.5. The summed E-state index contributed by atoms with van der Waals surface area (Å²) in [4.78, 5) is 62.2. The third-order valence-corrected chi connectivity index (χ3v) is 6.43. The molecule has 1 atom stereocenters. The summed E-state index contributed by atoms with van der Waals surface area (Å²) in [6, 6.07) is 3.89. The minimum atomic E-state index is -1.01. The number of fused-ring (bicyclic) bond motifs is 1. The lowest BCUT2D eigenvalue weighted by atomic mass is 10.0. The first-order chi connectivity index (χ1) is 21.6. The summed E-state index contributed by atoms with van der Waals surface area (Å²) < 4.78 is 32.4. The molecule has 0 aliphatic carbocycles. The Kier molecular flexibility index (Phi) is 14.6. The van der Waals surface area contributed by atoms with Crippen molar-refractivity contribution in [1.29, 1.82) is 0 Å². The number of imide groups is 2. The summed E-state index contributed by atoms with van der Waals surface area (Å²) in [5.74, 6) is -2.18. The number of amides is 5. The van der Waals surface area contributed by atoms with E-state index < -0.39 is 41.4 Å². The highest BCUT2D eigenvalue weighted by atomic mass is 16.6. The number of carbonyl (C=O) groups is 5. The largest absolute Gasteiger partial charge is 0.444 e. The standard InChI is InChI=1S/C30H44N4O11/c1-30(2,3)45-29(39)32-10-12-41-14-16-43-18-20-44-19-17-42-15-13-40-11-9-31-22-6-4-5-21-25(22)28(38)34(27(21)37)23-7-8-24(35)33-26(23)36/h4-6,23,31H,7-20H2,1-3H3,(H,32,39)(H,33,35,36). The number of hydrogen-bond acceptors (Lipinski definition) is 12. The van der Waals surface area contributed by atoms with Gasteiger partial charge in [0.25, 0.3) is 11.8 Å². The van der Waals surface area contributed by atoms with E-state index >= 15 is 0 Å². The van der Waals surface area contributed by atoms with Crippen molar-refractivity contribution in [3.8, 4) is 0 Å². The highest BCUT2D eigenvalue weighted by Gasteiger charge is 2.45. The maximum Gasteiger partial charge on any atom is 0.407 e. The summed E-state index contributed by atoms with van der Waals surface area (Å²) in [5.41, 5.74) is 0.366. The molecule has 0 spiro atoms. The second kappa shape index (κ2) is 18.4. The number of carbonyl (C=O) groups excluding carboxylic acids is 5. The van der Waals surface area contributed by atoms with E-state index in [1.807, 2.05) is 0 Å². The van der Waals surface area contributed by atoms with Gasteiger partial charge in [0.1, 0.15) is 11.6 Å². The van der Waals surface area contributed by atoms with Crippen LogP contribution in [-0.4, -0.2) is 125 Å². The number of hydrogen-bond donors (Lipinski definition) is 3. The van der Waals surface area contributed by atoms with Crippen LogP contribution in [0.3, 0.4) is 0 Å². The molecule has 0 saturated carbocycles. The summed E-state index contributed by atoms with van der Waals surface area (Å²) >= 11 is 0. The van der Waals surface area contributed by atoms with E-state index in [1.165, 1.54) is 0 Å². The fraction of sp³-hybridized carbons (Fsp3) is 0.633. The fourth-order valence-corrected chi connectivity index (χ4v) is 4.44. The lowest BCUT2D eigenvalue weighted by Crippen LogP contribution is -2.54. The van der Waals surface area contributed by atoms with Crippen LogP contribution in [0.4, 0.5) is 10.5 Å². The molecule has 1 aromatic rings. The Bertz CT molecular complexity index is 1170. The third-order valence-electron chi connectivity index (χ3n) is 6.43. The highest BCUT2D eigenvalue weighted by Crippen LogP contribution is 2.32. The molecule has 0 radical (unpaired) electrons. The number of piperidine rings is 1. The molecule has 1 aromatic carbocycles. The Morgan fingerprint density at radius 1 is 0.822 bits per heavy atom. The van der Waals surface area contributed by atoms with Crippen molar-refractivity contribution in [1.82, 2.24) is 15.5 Å². The van der Waals surface area contributed by atoms with Crippen molar-refractivity contribution >= 4 is 35.4 Å². The zero-order chi connectivity index (χ0) is 32.7. The van der Waals surface area contributed by atoms with Crippen LogP contribution >= 0.6 is 0 Å². The molecule has 2 heterocycles. The van der Waals surface area contributed by atoms with Gasteiger partial charge in [0.05, 0.1) is 77.2 Å². The van der Waals surface area contributed by atoms with Crippen molar-refractivity contribution in [2.24, 2.45) is 0 Å². The van der Waals surface area contributed by atoms with Gasteiger partial charge in [-0.05, 0) is 39.3 Å². The molecule has 3 rings (SSSR count). The number of ether oxygens (including phenoxy) is 6. The molecular weight excluding hydrogens is 592 g/mol. The van der Waals surface area contributed by atoms with E-state index in [0.29, 0.717) is 84.8 Å². The van der Waals surface area contributed by atoms with Crippen molar-refractivity contribution < 1.29 is 52.4 Å². The average molecular weight is 637 g/mol. The lowest BCUT2D eigenvalue weighted by molar-refractivity contribution is -0.136. The Morgan fingerprint density at radius 2 is 1.38 bits per heavy atom. The van der Waals surface area contributed by atoms with Gasteiger partial charge in [-0.15, -0.1) is 0 Å². The molecular formula is C30H44N4O11. The Balaban J connectivity index is 1.15. The van der Waals surface area contributed by atoms with Crippen LogP contribution in [0.25, 0.3) is 0 Å². The van der Waals surface area contributed by atoms with Crippen LogP contribution in [0.2, 0.25) is 0 Å². The molecule has 1 saturated heterocycles. The summed E-state index contributed by atoms with van der Waals surface area (Å²) in [7, 11) is 0.